The first-order chi connectivity index (χ1) is 12.2. The molecule has 1 aliphatic carbocycles. The molecule has 1 fully saturated rings. The van der Waals surface area contributed by atoms with Crippen molar-refractivity contribution >= 4 is 41.7 Å². The summed E-state index contributed by atoms with van der Waals surface area (Å²) in [5.74, 6) is 1.45. The van der Waals surface area contributed by atoms with Gasteiger partial charge in [0.05, 0.1) is 0 Å². The van der Waals surface area contributed by atoms with Crippen LogP contribution in [0, 0.1) is 11.2 Å². The lowest BCUT2D eigenvalue weighted by molar-refractivity contribution is 0.138. The van der Waals surface area contributed by atoms with Crippen LogP contribution in [0.25, 0.3) is 0 Å². The van der Waals surface area contributed by atoms with Crippen LogP contribution in [0.3, 0.4) is 0 Å². The number of hydrogen-bond donors (Lipinski definition) is 2. The summed E-state index contributed by atoms with van der Waals surface area (Å²) in [6, 6.07) is 6.89. The molecule has 0 aliphatic heterocycles. The van der Waals surface area contributed by atoms with Gasteiger partial charge in [0.25, 0.3) is 0 Å². The van der Waals surface area contributed by atoms with Crippen LogP contribution >= 0.6 is 35.7 Å². The van der Waals surface area contributed by atoms with Gasteiger partial charge in [0, 0.05) is 44.5 Å². The van der Waals surface area contributed by atoms with Gasteiger partial charge in [-0.1, -0.05) is 25.0 Å². The fourth-order valence-electron chi connectivity index (χ4n) is 3.34. The molecule has 0 atom stereocenters. The van der Waals surface area contributed by atoms with Gasteiger partial charge in [0.15, 0.2) is 5.96 Å². The quantitative estimate of drug-likeness (QED) is 0.176. The number of guanidine groups is 1. The third-order valence-corrected chi connectivity index (χ3v) is 5.89. The Hall–Kier alpha value is -0.540. The van der Waals surface area contributed by atoms with Crippen molar-refractivity contribution in [3.8, 4) is 0 Å². The van der Waals surface area contributed by atoms with E-state index in [2.05, 4.69) is 15.6 Å². The topological polar surface area (TPSA) is 45.7 Å². The maximum atomic E-state index is 13.6. The fraction of sp³-hybridized carbons (Fsp3) is 0.632. The molecule has 0 heterocycles. The highest BCUT2D eigenvalue weighted by atomic mass is 127. The molecule has 0 bridgehead atoms. The van der Waals surface area contributed by atoms with E-state index in [1.165, 1.54) is 43.5 Å². The van der Waals surface area contributed by atoms with E-state index >= 15 is 0 Å². The Kier molecular flexibility index (Phi) is 11.5. The Morgan fingerprint density at radius 2 is 2.00 bits per heavy atom. The third-order valence-electron chi connectivity index (χ3n) is 4.84. The van der Waals surface area contributed by atoms with E-state index in [-0.39, 0.29) is 29.8 Å². The number of thioether (sulfide) groups is 1. The Morgan fingerprint density at radius 1 is 1.27 bits per heavy atom. The van der Waals surface area contributed by atoms with E-state index in [0.29, 0.717) is 10.3 Å². The number of nitrogens with one attached hydrogen (secondary N) is 2. The van der Waals surface area contributed by atoms with Crippen molar-refractivity contribution in [3.05, 3.63) is 30.1 Å². The highest BCUT2D eigenvalue weighted by molar-refractivity contribution is 14.0. The van der Waals surface area contributed by atoms with Gasteiger partial charge < -0.3 is 15.4 Å². The van der Waals surface area contributed by atoms with Crippen LogP contribution in [-0.4, -0.2) is 45.6 Å². The second-order valence-electron chi connectivity index (χ2n) is 6.58. The summed E-state index contributed by atoms with van der Waals surface area (Å²) in [6.45, 7) is 2.48. The van der Waals surface area contributed by atoms with Gasteiger partial charge in [-0.25, -0.2) is 4.39 Å². The number of ether oxygens (including phenoxy) is 1. The van der Waals surface area contributed by atoms with Crippen molar-refractivity contribution in [2.24, 2.45) is 10.4 Å². The fourth-order valence-corrected chi connectivity index (χ4v) is 4.15. The smallest absolute Gasteiger partial charge is 0.191 e. The van der Waals surface area contributed by atoms with E-state index in [9.17, 15) is 4.39 Å². The van der Waals surface area contributed by atoms with Crippen molar-refractivity contribution in [3.63, 3.8) is 0 Å². The van der Waals surface area contributed by atoms with Crippen molar-refractivity contribution in [1.29, 1.82) is 0 Å². The van der Waals surface area contributed by atoms with Crippen LogP contribution in [0.15, 0.2) is 34.2 Å². The monoisotopic (exact) mass is 495 g/mol. The van der Waals surface area contributed by atoms with Crippen LogP contribution in [0.5, 0.6) is 0 Å². The summed E-state index contributed by atoms with van der Waals surface area (Å²) < 4.78 is 18.9. The lowest BCUT2D eigenvalue weighted by atomic mass is 9.83. The van der Waals surface area contributed by atoms with E-state index in [4.69, 9.17) is 4.74 Å². The molecule has 2 rings (SSSR count). The summed E-state index contributed by atoms with van der Waals surface area (Å²) in [5, 5.41) is 6.79. The lowest BCUT2D eigenvalue weighted by Gasteiger charge is -2.29. The molecule has 26 heavy (non-hydrogen) atoms. The first-order valence-corrected chi connectivity index (χ1v) is 9.98. The first kappa shape index (κ1) is 23.5. The standard InChI is InChI=1S/C19H30FN3OS.HI/c1-21-18(22-12-14-25-17-8-4-3-7-16(17)20)23-15-19(11-13-24-2)9-5-6-10-19;/h3-4,7-8H,5-6,9-15H2,1-2H3,(H2,21,22,23);1H. The maximum absolute atomic E-state index is 13.6. The molecule has 0 unspecified atom stereocenters. The van der Waals surface area contributed by atoms with Gasteiger partial charge in [-0.3, -0.25) is 4.99 Å². The number of aliphatic imine (C=N–C) groups is 1. The highest BCUT2D eigenvalue weighted by Gasteiger charge is 2.33. The van der Waals surface area contributed by atoms with Crippen molar-refractivity contribution in [2.45, 2.75) is 37.0 Å². The molecular weight excluding hydrogens is 464 g/mol. The summed E-state index contributed by atoms with van der Waals surface area (Å²) in [5.41, 5.74) is 0.329. The SMILES string of the molecule is CN=C(NCCSc1ccccc1F)NCC1(CCOC)CCCC1.I. The second kappa shape index (κ2) is 12.8. The third kappa shape index (κ3) is 7.60. The molecule has 0 radical (unpaired) electrons. The van der Waals surface area contributed by atoms with Crippen LogP contribution < -0.4 is 10.6 Å². The van der Waals surface area contributed by atoms with Crippen LogP contribution in [0.2, 0.25) is 0 Å². The Bertz CT molecular complexity index is 553. The number of nitrogens with zero attached hydrogens (tertiary/aromatic N) is 1. The molecule has 0 aromatic heterocycles. The average Bonchev–Trinajstić information content (AvgIpc) is 3.10. The van der Waals surface area contributed by atoms with Gasteiger partial charge in [-0.05, 0) is 36.8 Å². The molecule has 148 valence electrons. The summed E-state index contributed by atoms with van der Waals surface area (Å²) >= 11 is 1.52. The summed E-state index contributed by atoms with van der Waals surface area (Å²) in [7, 11) is 3.56. The van der Waals surface area contributed by atoms with Crippen molar-refractivity contribution in [2.75, 3.05) is 39.6 Å². The molecule has 1 aromatic carbocycles. The number of rotatable bonds is 9. The minimum Gasteiger partial charge on any atom is -0.385 e. The number of methoxy groups -OCH3 is 1. The normalized spacial score (nSPS) is 16.2. The number of halogens is 2. The zero-order valence-corrected chi connectivity index (χ0v) is 18.9. The zero-order valence-electron chi connectivity index (χ0n) is 15.7. The molecule has 4 nitrogen and oxygen atoms in total. The molecule has 0 saturated heterocycles. The minimum atomic E-state index is -0.156. The number of hydrogen-bond acceptors (Lipinski definition) is 3. The Morgan fingerprint density at radius 3 is 2.65 bits per heavy atom. The van der Waals surface area contributed by atoms with Crippen LogP contribution in [-0.2, 0) is 4.74 Å². The predicted molar refractivity (Wildman–Crippen MR) is 119 cm³/mol. The molecule has 0 spiro atoms. The van der Waals surface area contributed by atoms with E-state index < -0.39 is 0 Å². The van der Waals surface area contributed by atoms with E-state index in [0.717, 1.165) is 37.8 Å². The zero-order chi connectivity index (χ0) is 18.0. The molecule has 1 aliphatic rings. The van der Waals surface area contributed by atoms with Gasteiger partial charge in [0.2, 0.25) is 0 Å². The molecule has 0 amide bonds. The minimum absolute atomic E-state index is 0. The lowest BCUT2D eigenvalue weighted by Crippen LogP contribution is -2.44. The van der Waals surface area contributed by atoms with Gasteiger partial charge in [0.1, 0.15) is 5.82 Å². The largest absolute Gasteiger partial charge is 0.385 e. The van der Waals surface area contributed by atoms with E-state index in [1.807, 2.05) is 12.1 Å². The average molecular weight is 495 g/mol. The number of benzene rings is 1. The Labute approximate surface area is 178 Å². The molecule has 2 N–H and O–H groups in total. The van der Waals surface area contributed by atoms with E-state index in [1.54, 1.807) is 20.2 Å². The maximum Gasteiger partial charge on any atom is 0.191 e. The van der Waals surface area contributed by atoms with Crippen molar-refractivity contribution < 1.29 is 9.13 Å². The molecule has 7 heteroatoms. The second-order valence-corrected chi connectivity index (χ2v) is 7.72. The first-order valence-electron chi connectivity index (χ1n) is 9.00. The summed E-state index contributed by atoms with van der Waals surface area (Å²) in [6.07, 6.45) is 6.21. The molecule has 1 saturated carbocycles. The van der Waals surface area contributed by atoms with Gasteiger partial charge in [-0.15, -0.1) is 35.7 Å². The Balaban J connectivity index is 0.00000338. The highest BCUT2D eigenvalue weighted by Crippen LogP contribution is 2.40. The molecular formula is C19H31FIN3OS. The van der Waals surface area contributed by atoms with Crippen molar-refractivity contribution in [1.82, 2.24) is 10.6 Å². The van der Waals surface area contributed by atoms with Gasteiger partial charge >= 0.3 is 0 Å². The molecule has 1 aromatic rings. The van der Waals surface area contributed by atoms with Gasteiger partial charge in [-0.2, -0.15) is 0 Å². The van der Waals surface area contributed by atoms with Crippen LogP contribution in [0.4, 0.5) is 4.39 Å². The summed E-state index contributed by atoms with van der Waals surface area (Å²) in [4.78, 5) is 4.99. The van der Waals surface area contributed by atoms with Crippen LogP contribution in [0.1, 0.15) is 32.1 Å². The predicted octanol–water partition coefficient (Wildman–Crippen LogP) is 4.30.